The van der Waals surface area contributed by atoms with Crippen molar-refractivity contribution >= 4 is 23.2 Å². The number of halogens is 1. The van der Waals surface area contributed by atoms with Crippen molar-refractivity contribution in [2.45, 2.75) is 38.6 Å². The van der Waals surface area contributed by atoms with Gasteiger partial charge in [0.05, 0.1) is 5.69 Å². The van der Waals surface area contributed by atoms with Gasteiger partial charge < -0.3 is 11.1 Å². The van der Waals surface area contributed by atoms with Crippen LogP contribution in [0, 0.1) is 12.8 Å². The molecule has 1 fully saturated rings. The predicted octanol–water partition coefficient (Wildman–Crippen LogP) is 2.50. The smallest absolute Gasteiger partial charge is 0.227 e. The maximum absolute atomic E-state index is 12.2. The SMILES string of the molecule is Cc1ccnc(Cl)c1NC(=O)C1CCCC(N)C1. The van der Waals surface area contributed by atoms with Gasteiger partial charge >= 0.3 is 0 Å². The lowest BCUT2D eigenvalue weighted by Gasteiger charge is -2.26. The van der Waals surface area contributed by atoms with Crippen molar-refractivity contribution in [3.05, 3.63) is 23.0 Å². The number of amides is 1. The summed E-state index contributed by atoms with van der Waals surface area (Å²) in [5.74, 6) is -0.00688. The molecule has 0 aromatic carbocycles. The van der Waals surface area contributed by atoms with Crippen LogP contribution in [-0.4, -0.2) is 16.9 Å². The molecule has 2 unspecified atom stereocenters. The Morgan fingerprint density at radius 3 is 3.00 bits per heavy atom. The number of anilines is 1. The van der Waals surface area contributed by atoms with E-state index in [0.29, 0.717) is 10.8 Å². The maximum Gasteiger partial charge on any atom is 0.227 e. The van der Waals surface area contributed by atoms with E-state index in [4.69, 9.17) is 17.3 Å². The highest BCUT2D eigenvalue weighted by atomic mass is 35.5. The second kappa shape index (κ2) is 5.67. The lowest BCUT2D eigenvalue weighted by molar-refractivity contribution is -0.120. The lowest BCUT2D eigenvalue weighted by Crippen LogP contribution is -2.34. The molecule has 1 amide bonds. The molecule has 0 bridgehead atoms. The fourth-order valence-corrected chi connectivity index (χ4v) is 2.62. The molecule has 1 heterocycles. The predicted molar refractivity (Wildman–Crippen MR) is 72.5 cm³/mol. The van der Waals surface area contributed by atoms with Crippen molar-refractivity contribution in [1.82, 2.24) is 4.98 Å². The summed E-state index contributed by atoms with van der Waals surface area (Å²) >= 11 is 5.99. The summed E-state index contributed by atoms with van der Waals surface area (Å²) < 4.78 is 0. The van der Waals surface area contributed by atoms with Gasteiger partial charge in [0, 0.05) is 18.2 Å². The number of aromatic nitrogens is 1. The molecule has 98 valence electrons. The Kier molecular flexibility index (Phi) is 4.19. The average Bonchev–Trinajstić information content (AvgIpc) is 2.34. The van der Waals surface area contributed by atoms with Crippen LogP contribution < -0.4 is 11.1 Å². The zero-order valence-corrected chi connectivity index (χ0v) is 11.2. The van der Waals surface area contributed by atoms with E-state index in [1.165, 1.54) is 0 Å². The monoisotopic (exact) mass is 267 g/mol. The van der Waals surface area contributed by atoms with Crippen LogP contribution in [0.5, 0.6) is 0 Å². The molecular weight excluding hydrogens is 250 g/mol. The molecule has 0 spiro atoms. The number of carbonyl (C=O) groups is 1. The second-order valence-electron chi connectivity index (χ2n) is 4.91. The van der Waals surface area contributed by atoms with E-state index >= 15 is 0 Å². The van der Waals surface area contributed by atoms with Crippen molar-refractivity contribution < 1.29 is 4.79 Å². The highest BCUT2D eigenvalue weighted by Crippen LogP contribution is 2.27. The van der Waals surface area contributed by atoms with Crippen LogP contribution in [-0.2, 0) is 4.79 Å². The number of hydrogen-bond donors (Lipinski definition) is 2. The van der Waals surface area contributed by atoms with E-state index in [1.54, 1.807) is 6.20 Å². The minimum atomic E-state index is -0.00979. The van der Waals surface area contributed by atoms with Crippen LogP contribution in [0.3, 0.4) is 0 Å². The molecule has 2 rings (SSSR count). The Morgan fingerprint density at radius 1 is 1.56 bits per heavy atom. The Labute approximate surface area is 112 Å². The molecular formula is C13H18ClN3O. The molecule has 0 radical (unpaired) electrons. The molecule has 5 heteroatoms. The number of pyridine rings is 1. The number of rotatable bonds is 2. The van der Waals surface area contributed by atoms with Gasteiger partial charge in [0.2, 0.25) is 5.91 Å². The second-order valence-corrected chi connectivity index (χ2v) is 5.26. The van der Waals surface area contributed by atoms with Crippen LogP contribution in [0.25, 0.3) is 0 Å². The van der Waals surface area contributed by atoms with Crippen molar-refractivity contribution in [2.24, 2.45) is 11.7 Å². The number of hydrogen-bond acceptors (Lipinski definition) is 3. The fraction of sp³-hybridized carbons (Fsp3) is 0.538. The third-order valence-electron chi connectivity index (χ3n) is 3.45. The van der Waals surface area contributed by atoms with Gasteiger partial charge in [0.25, 0.3) is 0 Å². The van der Waals surface area contributed by atoms with Gasteiger partial charge in [-0.1, -0.05) is 18.0 Å². The quantitative estimate of drug-likeness (QED) is 0.809. The first-order valence-electron chi connectivity index (χ1n) is 6.25. The fourth-order valence-electron chi connectivity index (χ4n) is 2.37. The summed E-state index contributed by atoms with van der Waals surface area (Å²) in [5, 5.41) is 3.22. The van der Waals surface area contributed by atoms with Gasteiger partial charge in [-0.2, -0.15) is 0 Å². The summed E-state index contributed by atoms with van der Waals surface area (Å²) in [6.07, 6.45) is 5.30. The number of aryl methyl sites for hydroxylation is 1. The standard InChI is InChI=1S/C13H18ClN3O/c1-8-5-6-16-12(14)11(8)17-13(18)9-3-2-4-10(15)7-9/h5-6,9-10H,2-4,7,15H2,1H3,(H,17,18). The molecule has 1 aliphatic carbocycles. The average molecular weight is 268 g/mol. The molecule has 4 nitrogen and oxygen atoms in total. The largest absolute Gasteiger partial charge is 0.328 e. The first kappa shape index (κ1) is 13.3. The molecule has 0 aliphatic heterocycles. The molecule has 0 saturated heterocycles. The molecule has 1 saturated carbocycles. The summed E-state index contributed by atoms with van der Waals surface area (Å²) in [6.45, 7) is 1.90. The summed E-state index contributed by atoms with van der Waals surface area (Å²) in [7, 11) is 0. The first-order valence-corrected chi connectivity index (χ1v) is 6.63. The van der Waals surface area contributed by atoms with Crippen LogP contribution in [0.15, 0.2) is 12.3 Å². The van der Waals surface area contributed by atoms with Crippen molar-refractivity contribution in [3.63, 3.8) is 0 Å². The maximum atomic E-state index is 12.2. The van der Waals surface area contributed by atoms with Crippen LogP contribution >= 0.6 is 11.6 Å². The van der Waals surface area contributed by atoms with Gasteiger partial charge in [-0.3, -0.25) is 4.79 Å². The number of nitrogens with zero attached hydrogens (tertiary/aromatic N) is 1. The van der Waals surface area contributed by atoms with Crippen LogP contribution in [0.1, 0.15) is 31.2 Å². The number of carbonyl (C=O) groups excluding carboxylic acids is 1. The minimum absolute atomic E-state index is 0.00292. The van der Waals surface area contributed by atoms with Crippen LogP contribution in [0.2, 0.25) is 5.15 Å². The number of nitrogens with two attached hydrogens (primary N) is 1. The Bertz CT molecular complexity index is 430. The molecule has 1 aromatic heterocycles. The van der Waals surface area contributed by atoms with Crippen molar-refractivity contribution in [1.29, 1.82) is 0 Å². The summed E-state index contributed by atoms with van der Waals surface area (Å²) in [5.41, 5.74) is 7.43. The van der Waals surface area contributed by atoms with Crippen molar-refractivity contribution in [3.8, 4) is 0 Å². The molecule has 1 aromatic rings. The molecule has 18 heavy (non-hydrogen) atoms. The zero-order valence-electron chi connectivity index (χ0n) is 10.4. The van der Waals surface area contributed by atoms with E-state index in [9.17, 15) is 4.79 Å². The Morgan fingerprint density at radius 2 is 2.33 bits per heavy atom. The topological polar surface area (TPSA) is 68.0 Å². The zero-order chi connectivity index (χ0) is 13.1. The van der Waals surface area contributed by atoms with Crippen molar-refractivity contribution in [2.75, 3.05) is 5.32 Å². The van der Waals surface area contributed by atoms with Gasteiger partial charge in [-0.15, -0.1) is 0 Å². The summed E-state index contributed by atoms with van der Waals surface area (Å²) in [6, 6.07) is 1.97. The molecule has 1 aliphatic rings. The van der Waals surface area contributed by atoms with Crippen LogP contribution in [0.4, 0.5) is 5.69 Å². The Balaban J connectivity index is 2.07. The molecule has 3 N–H and O–H groups in total. The van der Waals surface area contributed by atoms with E-state index in [-0.39, 0.29) is 17.9 Å². The van der Waals surface area contributed by atoms with E-state index in [2.05, 4.69) is 10.3 Å². The molecule has 2 atom stereocenters. The van der Waals surface area contributed by atoms with E-state index in [0.717, 1.165) is 31.2 Å². The third kappa shape index (κ3) is 3.00. The first-order chi connectivity index (χ1) is 8.58. The summed E-state index contributed by atoms with van der Waals surface area (Å²) in [4.78, 5) is 16.1. The van der Waals surface area contributed by atoms with Gasteiger partial charge in [0.1, 0.15) is 0 Å². The lowest BCUT2D eigenvalue weighted by atomic mass is 9.85. The Hall–Kier alpha value is -1.13. The highest BCUT2D eigenvalue weighted by molar-refractivity contribution is 6.32. The highest BCUT2D eigenvalue weighted by Gasteiger charge is 2.26. The van der Waals surface area contributed by atoms with Gasteiger partial charge in [-0.05, 0) is 37.8 Å². The number of nitrogens with one attached hydrogen (secondary N) is 1. The van der Waals surface area contributed by atoms with Gasteiger partial charge in [0.15, 0.2) is 5.15 Å². The minimum Gasteiger partial charge on any atom is -0.328 e. The normalized spacial score (nSPS) is 23.7. The van der Waals surface area contributed by atoms with E-state index < -0.39 is 0 Å². The van der Waals surface area contributed by atoms with E-state index in [1.807, 2.05) is 13.0 Å². The van der Waals surface area contributed by atoms with Gasteiger partial charge in [-0.25, -0.2) is 4.98 Å². The third-order valence-corrected chi connectivity index (χ3v) is 3.73.